The molecule has 0 amide bonds. The van der Waals surface area contributed by atoms with Gasteiger partial charge in [0.2, 0.25) is 10.0 Å². The number of rotatable bonds is 3. The maximum Gasteiger partial charge on any atom is 0.243 e. The zero-order valence-electron chi connectivity index (χ0n) is 9.51. The summed E-state index contributed by atoms with van der Waals surface area (Å²) in [5, 5.41) is 9.11. The Balaban J connectivity index is 2.38. The zero-order valence-corrected chi connectivity index (χ0v) is 10.3. The summed E-state index contributed by atoms with van der Waals surface area (Å²) >= 11 is 0. The van der Waals surface area contributed by atoms with Crippen LogP contribution in [0.5, 0.6) is 0 Å². The Labute approximate surface area is 104 Å². The second kappa shape index (κ2) is 4.91. The maximum absolute atomic E-state index is 13.1. The summed E-state index contributed by atoms with van der Waals surface area (Å²) in [6.45, 7) is 0.00939. The molecule has 0 aromatic heterocycles. The molecule has 1 N–H and O–H groups in total. The first-order chi connectivity index (χ1) is 8.46. The fourth-order valence-corrected chi connectivity index (χ4v) is 3.78. The Bertz CT molecular complexity index is 547. The molecule has 100 valence electrons. The van der Waals surface area contributed by atoms with E-state index in [4.69, 9.17) is 5.11 Å². The van der Waals surface area contributed by atoms with Gasteiger partial charge in [0, 0.05) is 12.6 Å². The van der Waals surface area contributed by atoms with Gasteiger partial charge in [0.25, 0.3) is 0 Å². The Morgan fingerprint density at radius 2 is 2.06 bits per heavy atom. The summed E-state index contributed by atoms with van der Waals surface area (Å²) in [4.78, 5) is -0.290. The second-order valence-electron chi connectivity index (χ2n) is 4.17. The average Bonchev–Trinajstić information content (AvgIpc) is 2.81. The van der Waals surface area contributed by atoms with E-state index < -0.39 is 27.7 Å². The molecule has 0 unspecified atom stereocenters. The highest BCUT2D eigenvalue weighted by molar-refractivity contribution is 7.89. The summed E-state index contributed by atoms with van der Waals surface area (Å²) in [5.41, 5.74) is 0. The number of hydrogen-bond acceptors (Lipinski definition) is 3. The monoisotopic (exact) mass is 277 g/mol. The summed E-state index contributed by atoms with van der Waals surface area (Å²) in [6, 6.07) is 1.99. The highest BCUT2D eigenvalue weighted by atomic mass is 32.2. The second-order valence-corrected chi connectivity index (χ2v) is 6.06. The van der Waals surface area contributed by atoms with Crippen LogP contribution in [0.4, 0.5) is 8.78 Å². The molecule has 0 bridgehead atoms. The van der Waals surface area contributed by atoms with Crippen LogP contribution in [0.3, 0.4) is 0 Å². The lowest BCUT2D eigenvalue weighted by atomic mass is 10.2. The van der Waals surface area contributed by atoms with Gasteiger partial charge in [-0.05, 0) is 31.0 Å². The van der Waals surface area contributed by atoms with Crippen LogP contribution >= 0.6 is 0 Å². The molecule has 0 aliphatic carbocycles. The molecule has 1 heterocycles. The minimum atomic E-state index is -3.87. The quantitative estimate of drug-likeness (QED) is 0.900. The molecule has 1 aliphatic rings. The summed E-state index contributed by atoms with van der Waals surface area (Å²) in [6.07, 6.45) is 1.22. The number of benzene rings is 1. The minimum Gasteiger partial charge on any atom is -0.395 e. The third kappa shape index (κ3) is 2.25. The van der Waals surface area contributed by atoms with Gasteiger partial charge in [-0.15, -0.1) is 0 Å². The molecule has 0 spiro atoms. The van der Waals surface area contributed by atoms with Gasteiger partial charge in [-0.2, -0.15) is 4.31 Å². The molecule has 18 heavy (non-hydrogen) atoms. The molecule has 1 aromatic carbocycles. The Morgan fingerprint density at radius 3 is 2.67 bits per heavy atom. The van der Waals surface area contributed by atoms with Gasteiger partial charge >= 0.3 is 0 Å². The number of nitrogens with zero attached hydrogens (tertiary/aromatic N) is 1. The first-order valence-corrected chi connectivity index (χ1v) is 6.98. The number of sulfonamides is 1. The van der Waals surface area contributed by atoms with Gasteiger partial charge in [-0.3, -0.25) is 0 Å². The summed E-state index contributed by atoms with van der Waals surface area (Å²) in [7, 11) is -3.87. The molecule has 4 nitrogen and oxygen atoms in total. The van der Waals surface area contributed by atoms with Crippen molar-refractivity contribution < 1.29 is 22.3 Å². The summed E-state index contributed by atoms with van der Waals surface area (Å²) in [5.74, 6) is -2.29. The van der Waals surface area contributed by atoms with E-state index in [2.05, 4.69) is 0 Å². The van der Waals surface area contributed by atoms with Crippen LogP contribution in [0, 0.1) is 11.6 Å². The van der Waals surface area contributed by atoms with Crippen LogP contribution in [-0.4, -0.2) is 37.0 Å². The van der Waals surface area contributed by atoms with E-state index in [1.807, 2.05) is 0 Å². The van der Waals surface area contributed by atoms with Gasteiger partial charge in [0.05, 0.1) is 11.5 Å². The average molecular weight is 277 g/mol. The SMILES string of the molecule is O=S(=O)(c1ccc(F)c(F)c1)N1CCC[C@H]1CO. The van der Waals surface area contributed by atoms with Crippen molar-refractivity contribution >= 4 is 10.0 Å². The van der Waals surface area contributed by atoms with E-state index in [0.29, 0.717) is 18.9 Å². The Hall–Kier alpha value is -1.05. The van der Waals surface area contributed by atoms with Crippen LogP contribution in [0.15, 0.2) is 23.1 Å². The zero-order chi connectivity index (χ0) is 13.3. The lowest BCUT2D eigenvalue weighted by Gasteiger charge is -2.22. The number of halogens is 2. The fourth-order valence-electron chi connectivity index (χ4n) is 2.08. The van der Waals surface area contributed by atoms with Gasteiger partial charge < -0.3 is 5.11 Å². The highest BCUT2D eigenvalue weighted by Crippen LogP contribution is 2.26. The van der Waals surface area contributed by atoms with Crippen LogP contribution in [-0.2, 0) is 10.0 Å². The van der Waals surface area contributed by atoms with E-state index in [1.165, 1.54) is 0 Å². The molecule has 2 rings (SSSR count). The van der Waals surface area contributed by atoms with Crippen molar-refractivity contribution in [1.29, 1.82) is 0 Å². The number of aliphatic hydroxyl groups is 1. The normalized spacial score (nSPS) is 21.4. The number of aliphatic hydroxyl groups excluding tert-OH is 1. The van der Waals surface area contributed by atoms with Crippen molar-refractivity contribution in [2.75, 3.05) is 13.2 Å². The Morgan fingerprint density at radius 1 is 1.33 bits per heavy atom. The third-order valence-electron chi connectivity index (χ3n) is 3.03. The molecular formula is C11H13F2NO3S. The molecule has 0 saturated carbocycles. The van der Waals surface area contributed by atoms with Gasteiger partial charge in [-0.1, -0.05) is 0 Å². The van der Waals surface area contributed by atoms with Crippen molar-refractivity contribution in [2.45, 2.75) is 23.8 Å². The lowest BCUT2D eigenvalue weighted by Crippen LogP contribution is -2.37. The van der Waals surface area contributed by atoms with Crippen LogP contribution in [0.1, 0.15) is 12.8 Å². The molecule has 1 atom stereocenters. The van der Waals surface area contributed by atoms with E-state index in [9.17, 15) is 17.2 Å². The lowest BCUT2D eigenvalue weighted by molar-refractivity contribution is 0.213. The van der Waals surface area contributed by atoms with Crippen LogP contribution in [0.25, 0.3) is 0 Å². The standard InChI is InChI=1S/C11H13F2NO3S/c12-10-4-3-9(6-11(10)13)18(16,17)14-5-1-2-8(14)7-15/h3-4,6,8,15H,1-2,5,7H2/t8-/m0/s1. The molecule has 0 radical (unpaired) electrons. The third-order valence-corrected chi connectivity index (χ3v) is 4.98. The van der Waals surface area contributed by atoms with Crippen LogP contribution in [0.2, 0.25) is 0 Å². The molecule has 1 fully saturated rings. The molecule has 1 saturated heterocycles. The topological polar surface area (TPSA) is 57.6 Å². The van der Waals surface area contributed by atoms with E-state index in [-0.39, 0.29) is 18.0 Å². The van der Waals surface area contributed by atoms with Crippen molar-refractivity contribution in [3.63, 3.8) is 0 Å². The van der Waals surface area contributed by atoms with Gasteiger partial charge in [-0.25, -0.2) is 17.2 Å². The molecule has 1 aromatic rings. The predicted molar refractivity (Wildman–Crippen MR) is 60.4 cm³/mol. The predicted octanol–water partition coefficient (Wildman–Crippen LogP) is 1.11. The molecule has 1 aliphatic heterocycles. The molecular weight excluding hydrogens is 264 g/mol. The number of hydrogen-bond donors (Lipinski definition) is 1. The summed E-state index contributed by atoms with van der Waals surface area (Å²) < 4.78 is 51.4. The van der Waals surface area contributed by atoms with E-state index >= 15 is 0 Å². The van der Waals surface area contributed by atoms with Crippen molar-refractivity contribution in [3.8, 4) is 0 Å². The van der Waals surface area contributed by atoms with Gasteiger partial charge in [0.15, 0.2) is 11.6 Å². The first-order valence-electron chi connectivity index (χ1n) is 5.54. The largest absolute Gasteiger partial charge is 0.395 e. The van der Waals surface area contributed by atoms with Crippen LogP contribution < -0.4 is 0 Å². The van der Waals surface area contributed by atoms with Crippen molar-refractivity contribution in [2.24, 2.45) is 0 Å². The molecule has 7 heteroatoms. The fraction of sp³-hybridized carbons (Fsp3) is 0.455. The van der Waals surface area contributed by atoms with E-state index in [0.717, 1.165) is 16.4 Å². The smallest absolute Gasteiger partial charge is 0.243 e. The van der Waals surface area contributed by atoms with E-state index in [1.54, 1.807) is 0 Å². The van der Waals surface area contributed by atoms with Gasteiger partial charge in [0.1, 0.15) is 0 Å². The minimum absolute atomic E-state index is 0.275. The Kier molecular flexibility index (Phi) is 3.65. The van der Waals surface area contributed by atoms with Crippen molar-refractivity contribution in [3.05, 3.63) is 29.8 Å². The highest BCUT2D eigenvalue weighted by Gasteiger charge is 2.35. The van der Waals surface area contributed by atoms with Crippen molar-refractivity contribution in [1.82, 2.24) is 4.31 Å². The maximum atomic E-state index is 13.1. The first kappa shape index (κ1) is 13.4.